The van der Waals surface area contributed by atoms with Crippen molar-refractivity contribution < 1.29 is 4.74 Å². The van der Waals surface area contributed by atoms with Crippen molar-refractivity contribution in [3.05, 3.63) is 28.2 Å². The van der Waals surface area contributed by atoms with Crippen LogP contribution in [0, 0.1) is 0 Å². The number of halogens is 1. The van der Waals surface area contributed by atoms with Crippen LogP contribution in [0.15, 0.2) is 22.7 Å². The lowest BCUT2D eigenvalue weighted by molar-refractivity contribution is 0.122. The van der Waals surface area contributed by atoms with E-state index in [4.69, 9.17) is 4.74 Å². The van der Waals surface area contributed by atoms with Gasteiger partial charge in [-0.3, -0.25) is 0 Å². The van der Waals surface area contributed by atoms with Crippen molar-refractivity contribution in [1.29, 1.82) is 0 Å². The van der Waals surface area contributed by atoms with Crippen molar-refractivity contribution in [2.45, 2.75) is 19.8 Å². The predicted octanol–water partition coefficient (Wildman–Crippen LogP) is 3.41. The number of nitrogens with zero attached hydrogens (tertiary/aromatic N) is 1. The van der Waals surface area contributed by atoms with E-state index in [9.17, 15) is 0 Å². The van der Waals surface area contributed by atoms with Gasteiger partial charge in [0.05, 0.1) is 18.9 Å². The zero-order chi connectivity index (χ0) is 11.5. The largest absolute Gasteiger partial charge is 0.378 e. The third kappa shape index (κ3) is 2.58. The Morgan fingerprint density at radius 3 is 2.50 bits per heavy atom. The van der Waals surface area contributed by atoms with E-state index in [2.05, 4.69) is 52.9 Å². The van der Waals surface area contributed by atoms with E-state index in [-0.39, 0.29) is 0 Å². The predicted molar refractivity (Wildman–Crippen MR) is 71.3 cm³/mol. The Morgan fingerprint density at radius 2 is 1.94 bits per heavy atom. The molecule has 2 rings (SSSR count). The maximum Gasteiger partial charge on any atom is 0.0642 e. The highest BCUT2D eigenvalue weighted by atomic mass is 79.9. The summed E-state index contributed by atoms with van der Waals surface area (Å²) in [6.45, 7) is 8.07. The quantitative estimate of drug-likeness (QED) is 0.825. The highest BCUT2D eigenvalue weighted by molar-refractivity contribution is 9.10. The zero-order valence-electron chi connectivity index (χ0n) is 9.87. The van der Waals surface area contributed by atoms with E-state index >= 15 is 0 Å². The van der Waals surface area contributed by atoms with Crippen molar-refractivity contribution in [2.24, 2.45) is 0 Å². The molecule has 0 aliphatic carbocycles. The summed E-state index contributed by atoms with van der Waals surface area (Å²) >= 11 is 3.67. The van der Waals surface area contributed by atoms with Gasteiger partial charge in [-0.1, -0.05) is 19.9 Å². The van der Waals surface area contributed by atoms with Crippen LogP contribution in [0.1, 0.15) is 25.3 Å². The first-order chi connectivity index (χ1) is 7.68. The minimum Gasteiger partial charge on any atom is -0.378 e. The second-order valence-electron chi connectivity index (χ2n) is 4.46. The van der Waals surface area contributed by atoms with Gasteiger partial charge in [-0.15, -0.1) is 0 Å². The number of anilines is 1. The lowest BCUT2D eigenvalue weighted by atomic mass is 10.0. The average Bonchev–Trinajstić information content (AvgIpc) is 2.30. The standard InChI is InChI=1S/C13H18BrNO/c1-10(2)11-3-4-13(12(14)9-11)15-5-7-16-8-6-15/h3-4,9-10H,5-8H2,1-2H3. The van der Waals surface area contributed by atoms with E-state index in [1.807, 2.05) is 0 Å². The Balaban J connectivity index is 2.21. The molecule has 0 N–H and O–H groups in total. The molecule has 1 saturated heterocycles. The van der Waals surface area contributed by atoms with E-state index in [0.717, 1.165) is 26.3 Å². The van der Waals surface area contributed by atoms with Crippen LogP contribution < -0.4 is 4.90 Å². The molecule has 1 aromatic carbocycles. The van der Waals surface area contributed by atoms with Crippen LogP contribution in [0.4, 0.5) is 5.69 Å². The number of benzene rings is 1. The van der Waals surface area contributed by atoms with Crippen LogP contribution in [-0.2, 0) is 4.74 Å². The molecule has 1 fully saturated rings. The number of ether oxygens (including phenoxy) is 1. The second kappa shape index (κ2) is 5.19. The van der Waals surface area contributed by atoms with Crippen molar-refractivity contribution in [3.63, 3.8) is 0 Å². The normalized spacial score (nSPS) is 16.9. The molecule has 0 saturated carbocycles. The van der Waals surface area contributed by atoms with Crippen molar-refractivity contribution in [3.8, 4) is 0 Å². The van der Waals surface area contributed by atoms with Crippen LogP contribution in [-0.4, -0.2) is 26.3 Å². The van der Waals surface area contributed by atoms with E-state index in [0.29, 0.717) is 5.92 Å². The summed E-state index contributed by atoms with van der Waals surface area (Å²) in [5.74, 6) is 0.579. The lowest BCUT2D eigenvalue weighted by Crippen LogP contribution is -2.36. The molecule has 0 spiro atoms. The maximum absolute atomic E-state index is 5.37. The molecular weight excluding hydrogens is 266 g/mol. The van der Waals surface area contributed by atoms with Gasteiger partial charge in [0.1, 0.15) is 0 Å². The molecule has 0 unspecified atom stereocenters. The van der Waals surface area contributed by atoms with E-state index in [1.165, 1.54) is 15.7 Å². The first kappa shape index (κ1) is 11.9. The smallest absolute Gasteiger partial charge is 0.0642 e. The molecule has 88 valence electrons. The molecule has 3 heteroatoms. The fourth-order valence-electron chi connectivity index (χ4n) is 1.94. The number of hydrogen-bond acceptors (Lipinski definition) is 2. The fraction of sp³-hybridized carbons (Fsp3) is 0.538. The maximum atomic E-state index is 5.37. The highest BCUT2D eigenvalue weighted by Gasteiger charge is 2.14. The van der Waals surface area contributed by atoms with Gasteiger partial charge in [-0.25, -0.2) is 0 Å². The Bertz CT molecular complexity index is 359. The third-order valence-corrected chi connectivity index (χ3v) is 3.63. The summed E-state index contributed by atoms with van der Waals surface area (Å²) < 4.78 is 6.56. The third-order valence-electron chi connectivity index (χ3n) is 2.99. The first-order valence-corrected chi connectivity index (χ1v) is 6.60. The summed E-state index contributed by atoms with van der Waals surface area (Å²) in [5, 5.41) is 0. The van der Waals surface area contributed by atoms with Crippen molar-refractivity contribution in [2.75, 3.05) is 31.2 Å². The molecule has 1 heterocycles. The minimum absolute atomic E-state index is 0.579. The van der Waals surface area contributed by atoms with Crippen LogP contribution in [0.3, 0.4) is 0 Å². The van der Waals surface area contributed by atoms with Crippen LogP contribution in [0.5, 0.6) is 0 Å². The molecule has 2 nitrogen and oxygen atoms in total. The monoisotopic (exact) mass is 283 g/mol. The van der Waals surface area contributed by atoms with E-state index in [1.54, 1.807) is 0 Å². The topological polar surface area (TPSA) is 12.5 Å². The number of morpholine rings is 1. The van der Waals surface area contributed by atoms with Gasteiger partial charge in [-0.05, 0) is 39.5 Å². The highest BCUT2D eigenvalue weighted by Crippen LogP contribution is 2.30. The summed E-state index contributed by atoms with van der Waals surface area (Å²) in [6.07, 6.45) is 0. The van der Waals surface area contributed by atoms with Gasteiger partial charge in [-0.2, -0.15) is 0 Å². The van der Waals surface area contributed by atoms with Crippen LogP contribution in [0.2, 0.25) is 0 Å². The van der Waals surface area contributed by atoms with Crippen molar-refractivity contribution in [1.82, 2.24) is 0 Å². The summed E-state index contributed by atoms with van der Waals surface area (Å²) in [5.41, 5.74) is 2.66. The van der Waals surface area contributed by atoms with Gasteiger partial charge < -0.3 is 9.64 Å². The van der Waals surface area contributed by atoms with Crippen molar-refractivity contribution >= 4 is 21.6 Å². The van der Waals surface area contributed by atoms with Gasteiger partial charge in [0, 0.05) is 17.6 Å². The Labute approximate surface area is 106 Å². The minimum atomic E-state index is 0.579. The van der Waals surface area contributed by atoms with Gasteiger partial charge in [0.25, 0.3) is 0 Å². The Morgan fingerprint density at radius 1 is 1.25 bits per heavy atom. The molecule has 0 radical (unpaired) electrons. The van der Waals surface area contributed by atoms with Crippen LogP contribution >= 0.6 is 15.9 Å². The molecule has 0 atom stereocenters. The number of rotatable bonds is 2. The summed E-state index contributed by atoms with van der Waals surface area (Å²) in [7, 11) is 0. The molecule has 0 aromatic heterocycles. The fourth-order valence-corrected chi connectivity index (χ4v) is 2.59. The van der Waals surface area contributed by atoms with Gasteiger partial charge in [0.15, 0.2) is 0 Å². The summed E-state index contributed by atoms with van der Waals surface area (Å²) in [6, 6.07) is 6.67. The molecule has 1 aliphatic heterocycles. The Hall–Kier alpha value is -0.540. The molecule has 1 aromatic rings. The molecule has 0 amide bonds. The molecular formula is C13H18BrNO. The van der Waals surface area contributed by atoms with Gasteiger partial charge >= 0.3 is 0 Å². The van der Waals surface area contributed by atoms with Gasteiger partial charge in [0.2, 0.25) is 0 Å². The first-order valence-electron chi connectivity index (χ1n) is 5.80. The Kier molecular flexibility index (Phi) is 3.87. The zero-order valence-corrected chi connectivity index (χ0v) is 11.5. The number of hydrogen-bond donors (Lipinski definition) is 0. The second-order valence-corrected chi connectivity index (χ2v) is 5.32. The lowest BCUT2D eigenvalue weighted by Gasteiger charge is -2.30. The van der Waals surface area contributed by atoms with Crippen LogP contribution in [0.25, 0.3) is 0 Å². The molecule has 1 aliphatic rings. The summed E-state index contributed by atoms with van der Waals surface area (Å²) in [4.78, 5) is 2.37. The molecule has 16 heavy (non-hydrogen) atoms. The average molecular weight is 284 g/mol. The van der Waals surface area contributed by atoms with E-state index < -0.39 is 0 Å². The SMILES string of the molecule is CC(C)c1ccc(N2CCOCC2)c(Br)c1. The molecule has 0 bridgehead atoms.